The molecule has 0 radical (unpaired) electrons. The molecule has 2 aliphatic rings. The van der Waals surface area contributed by atoms with Crippen molar-refractivity contribution in [2.75, 3.05) is 32.7 Å². The van der Waals surface area contributed by atoms with E-state index in [0.29, 0.717) is 44.6 Å². The van der Waals surface area contributed by atoms with Crippen molar-refractivity contribution >= 4 is 12.1 Å². The predicted molar refractivity (Wildman–Crippen MR) is 97.3 cm³/mol. The maximum Gasteiger partial charge on any atom is 0.317 e. The average Bonchev–Trinajstić information content (AvgIpc) is 2.99. The van der Waals surface area contributed by atoms with Crippen LogP contribution in [-0.2, 0) is 6.42 Å². The number of benzene rings is 1. The number of rotatable bonds is 5. The van der Waals surface area contributed by atoms with Gasteiger partial charge in [0.25, 0.3) is 0 Å². The Labute approximate surface area is 149 Å². The van der Waals surface area contributed by atoms with Crippen LogP contribution in [0.2, 0.25) is 0 Å². The minimum atomic E-state index is -0.0160. The Morgan fingerprint density at radius 1 is 1.28 bits per heavy atom. The predicted octanol–water partition coefficient (Wildman–Crippen LogP) is 1.92. The van der Waals surface area contributed by atoms with Gasteiger partial charge in [0.1, 0.15) is 0 Å². The summed E-state index contributed by atoms with van der Waals surface area (Å²) in [5.41, 5.74) is 1.31. The molecule has 0 aliphatic carbocycles. The monoisotopic (exact) mass is 344 g/mol. The molecule has 0 aromatic heterocycles. The van der Waals surface area contributed by atoms with Crippen LogP contribution in [0.3, 0.4) is 0 Å². The SMILES string of the molecule is CC(C)[C@H](CNC(=O)N1CCN2C(=O)NC[C@@H]2C1)Cc1ccccc1. The van der Waals surface area contributed by atoms with E-state index in [0.717, 1.165) is 6.42 Å². The summed E-state index contributed by atoms with van der Waals surface area (Å²) in [5.74, 6) is 0.899. The lowest BCUT2D eigenvalue weighted by atomic mass is 9.89. The standard InChI is InChI=1S/C19H28N4O2/c1-14(2)16(10-15-6-4-3-5-7-15)11-20-18(24)22-8-9-23-17(13-22)12-21-19(23)25/h3-7,14,16-17H,8-13H2,1-2H3,(H,20,24)(H,21,25)/t16-,17+/m0/s1. The molecule has 2 fully saturated rings. The van der Waals surface area contributed by atoms with Crippen molar-refractivity contribution in [3.05, 3.63) is 35.9 Å². The molecule has 0 unspecified atom stereocenters. The molecule has 2 N–H and O–H groups in total. The lowest BCUT2D eigenvalue weighted by Gasteiger charge is -2.36. The number of hydrogen-bond acceptors (Lipinski definition) is 2. The topological polar surface area (TPSA) is 64.7 Å². The van der Waals surface area contributed by atoms with Gasteiger partial charge in [0.15, 0.2) is 0 Å². The number of carbonyl (C=O) groups is 2. The number of nitrogens with one attached hydrogen (secondary N) is 2. The molecule has 1 aromatic carbocycles. The molecule has 1 aromatic rings. The van der Waals surface area contributed by atoms with Crippen LogP contribution < -0.4 is 10.6 Å². The summed E-state index contributed by atoms with van der Waals surface area (Å²) in [6.45, 7) is 7.53. The van der Waals surface area contributed by atoms with Crippen molar-refractivity contribution in [1.29, 1.82) is 0 Å². The summed E-state index contributed by atoms with van der Waals surface area (Å²) in [7, 11) is 0. The van der Waals surface area contributed by atoms with Gasteiger partial charge in [-0.3, -0.25) is 0 Å². The van der Waals surface area contributed by atoms with Crippen molar-refractivity contribution in [2.45, 2.75) is 26.3 Å². The lowest BCUT2D eigenvalue weighted by Crippen LogP contribution is -2.56. The van der Waals surface area contributed by atoms with Crippen molar-refractivity contribution in [1.82, 2.24) is 20.4 Å². The molecule has 0 saturated carbocycles. The average molecular weight is 344 g/mol. The van der Waals surface area contributed by atoms with Crippen LogP contribution >= 0.6 is 0 Å². The van der Waals surface area contributed by atoms with Gasteiger partial charge in [-0.05, 0) is 23.8 Å². The van der Waals surface area contributed by atoms with Crippen molar-refractivity contribution < 1.29 is 9.59 Å². The van der Waals surface area contributed by atoms with Crippen LogP contribution in [-0.4, -0.2) is 60.6 Å². The van der Waals surface area contributed by atoms with Crippen LogP contribution in [0, 0.1) is 11.8 Å². The Bertz CT molecular complexity index is 605. The largest absolute Gasteiger partial charge is 0.338 e. The first-order valence-electron chi connectivity index (χ1n) is 9.15. The third kappa shape index (κ3) is 4.24. The van der Waals surface area contributed by atoms with E-state index in [2.05, 4.69) is 48.7 Å². The molecule has 2 saturated heterocycles. The van der Waals surface area contributed by atoms with E-state index in [1.165, 1.54) is 5.56 Å². The van der Waals surface area contributed by atoms with Crippen LogP contribution in [0.25, 0.3) is 0 Å². The molecule has 25 heavy (non-hydrogen) atoms. The minimum absolute atomic E-state index is 0.00667. The van der Waals surface area contributed by atoms with E-state index in [4.69, 9.17) is 0 Å². The number of amides is 4. The summed E-state index contributed by atoms with van der Waals surface area (Å²) in [6, 6.07) is 10.5. The van der Waals surface area contributed by atoms with E-state index in [-0.39, 0.29) is 18.1 Å². The molecule has 2 atom stereocenters. The third-order valence-electron chi connectivity index (χ3n) is 5.32. The highest BCUT2D eigenvalue weighted by molar-refractivity contribution is 5.78. The molecule has 6 nitrogen and oxygen atoms in total. The Balaban J connectivity index is 1.51. The first kappa shape index (κ1) is 17.6. The van der Waals surface area contributed by atoms with E-state index < -0.39 is 0 Å². The fourth-order valence-corrected chi connectivity index (χ4v) is 3.58. The smallest absolute Gasteiger partial charge is 0.317 e. The van der Waals surface area contributed by atoms with Crippen LogP contribution in [0.5, 0.6) is 0 Å². The Morgan fingerprint density at radius 3 is 2.76 bits per heavy atom. The normalized spacial score (nSPS) is 21.1. The molecule has 136 valence electrons. The minimum Gasteiger partial charge on any atom is -0.338 e. The van der Waals surface area contributed by atoms with Crippen molar-refractivity contribution in [3.8, 4) is 0 Å². The molecule has 6 heteroatoms. The van der Waals surface area contributed by atoms with Gasteiger partial charge in [-0.15, -0.1) is 0 Å². The summed E-state index contributed by atoms with van der Waals surface area (Å²) in [6.07, 6.45) is 0.966. The van der Waals surface area contributed by atoms with E-state index in [9.17, 15) is 9.59 Å². The number of urea groups is 2. The highest BCUT2D eigenvalue weighted by Crippen LogP contribution is 2.18. The number of hydrogen-bond donors (Lipinski definition) is 2. The van der Waals surface area contributed by atoms with Gasteiger partial charge in [-0.2, -0.15) is 0 Å². The van der Waals surface area contributed by atoms with Crippen molar-refractivity contribution in [2.24, 2.45) is 11.8 Å². The molecule has 0 bridgehead atoms. The van der Waals surface area contributed by atoms with Gasteiger partial charge in [0.2, 0.25) is 0 Å². The van der Waals surface area contributed by atoms with Gasteiger partial charge in [0, 0.05) is 32.7 Å². The number of nitrogens with zero attached hydrogens (tertiary/aromatic N) is 2. The highest BCUT2D eigenvalue weighted by atomic mass is 16.2. The molecular weight excluding hydrogens is 316 g/mol. The third-order valence-corrected chi connectivity index (χ3v) is 5.32. The number of carbonyl (C=O) groups excluding carboxylic acids is 2. The zero-order chi connectivity index (χ0) is 17.8. The summed E-state index contributed by atoms with van der Waals surface area (Å²) in [5, 5.41) is 5.95. The quantitative estimate of drug-likeness (QED) is 0.857. The van der Waals surface area contributed by atoms with Gasteiger partial charge < -0.3 is 20.4 Å². The van der Waals surface area contributed by atoms with Gasteiger partial charge >= 0.3 is 12.1 Å². The fraction of sp³-hybridized carbons (Fsp3) is 0.579. The summed E-state index contributed by atoms with van der Waals surface area (Å²) >= 11 is 0. The van der Waals surface area contributed by atoms with E-state index in [1.807, 2.05) is 15.9 Å². The van der Waals surface area contributed by atoms with Crippen LogP contribution in [0.15, 0.2) is 30.3 Å². The Kier molecular flexibility index (Phi) is 5.46. The molecular formula is C19H28N4O2. The second-order valence-electron chi connectivity index (χ2n) is 7.36. The molecule has 3 rings (SSSR count). The van der Waals surface area contributed by atoms with Gasteiger partial charge in [-0.1, -0.05) is 44.2 Å². The van der Waals surface area contributed by atoms with Gasteiger partial charge in [-0.25, -0.2) is 9.59 Å². The summed E-state index contributed by atoms with van der Waals surface area (Å²) in [4.78, 5) is 27.8. The second-order valence-corrected chi connectivity index (χ2v) is 7.36. The zero-order valence-electron chi connectivity index (χ0n) is 15.1. The fourth-order valence-electron chi connectivity index (χ4n) is 3.58. The van der Waals surface area contributed by atoms with Crippen LogP contribution in [0.4, 0.5) is 9.59 Å². The molecule has 2 aliphatic heterocycles. The van der Waals surface area contributed by atoms with Crippen LogP contribution in [0.1, 0.15) is 19.4 Å². The highest BCUT2D eigenvalue weighted by Gasteiger charge is 2.36. The lowest BCUT2D eigenvalue weighted by molar-refractivity contribution is 0.128. The second kappa shape index (κ2) is 7.76. The Morgan fingerprint density at radius 2 is 2.04 bits per heavy atom. The number of fused-ring (bicyclic) bond motifs is 1. The maximum atomic E-state index is 12.5. The first-order valence-corrected chi connectivity index (χ1v) is 9.15. The molecule has 2 heterocycles. The zero-order valence-corrected chi connectivity index (χ0v) is 15.1. The molecule has 4 amide bonds. The Hall–Kier alpha value is -2.24. The van der Waals surface area contributed by atoms with Crippen molar-refractivity contribution in [3.63, 3.8) is 0 Å². The first-order chi connectivity index (χ1) is 12.0. The maximum absolute atomic E-state index is 12.5. The molecule has 0 spiro atoms. The number of piperazine rings is 1. The summed E-state index contributed by atoms with van der Waals surface area (Å²) < 4.78 is 0. The van der Waals surface area contributed by atoms with E-state index in [1.54, 1.807) is 0 Å². The van der Waals surface area contributed by atoms with Gasteiger partial charge in [0.05, 0.1) is 6.04 Å². The van der Waals surface area contributed by atoms with E-state index >= 15 is 0 Å².